The van der Waals surface area contributed by atoms with Gasteiger partial charge in [-0.25, -0.2) is 4.98 Å². The van der Waals surface area contributed by atoms with Gasteiger partial charge in [-0.2, -0.15) is 4.98 Å². The monoisotopic (exact) mass is 331 g/mol. The second-order valence-corrected chi connectivity index (χ2v) is 4.74. The van der Waals surface area contributed by atoms with E-state index in [1.165, 1.54) is 0 Å². The predicted molar refractivity (Wildman–Crippen MR) is 86.5 cm³/mol. The molecule has 0 aliphatic rings. The highest BCUT2D eigenvalue weighted by Crippen LogP contribution is 2.24. The highest BCUT2D eigenvalue weighted by atomic mass is 35.5. The molecule has 0 aliphatic carbocycles. The van der Waals surface area contributed by atoms with Crippen molar-refractivity contribution in [2.75, 3.05) is 23.8 Å². The Morgan fingerprint density at radius 3 is 2.61 bits per heavy atom. The van der Waals surface area contributed by atoms with Crippen molar-refractivity contribution < 1.29 is 22.6 Å². The Labute approximate surface area is 139 Å². The van der Waals surface area contributed by atoms with Gasteiger partial charge in [0.15, 0.2) is 0 Å². The number of nitrogens with zero attached hydrogens (tertiary/aromatic N) is 2. The maximum Gasteiger partial charge on any atom is 0.229 e. The van der Waals surface area contributed by atoms with Crippen molar-refractivity contribution in [3.63, 3.8) is 0 Å². The predicted octanol–water partition coefficient (Wildman–Crippen LogP) is -0.513. The second kappa shape index (κ2) is 7.62. The van der Waals surface area contributed by atoms with Crippen molar-refractivity contribution in [2.24, 2.45) is 0 Å². The molecule has 120 valence electrons. The zero-order valence-electron chi connectivity index (χ0n) is 12.2. The maximum atomic E-state index is 9.51. The highest BCUT2D eigenvalue weighted by Gasteiger charge is 2.07. The normalized spacial score (nSPS) is 10.1. The standard InChI is InChI=1S/C16H16N4O2.ClH/c21-9-8-17-15-13-6-1-2-7-14(13)19-16(20-15)18-11-4-3-5-12(22)10-11;/h1-7,10,21-22H,8-9H2,(H2,17,18,19,20);1H/p-1. The van der Waals surface area contributed by atoms with Gasteiger partial charge in [0.05, 0.1) is 12.1 Å². The van der Waals surface area contributed by atoms with Crippen molar-refractivity contribution in [1.29, 1.82) is 0 Å². The summed E-state index contributed by atoms with van der Waals surface area (Å²) in [6.07, 6.45) is 0. The first-order chi connectivity index (χ1) is 10.8. The van der Waals surface area contributed by atoms with E-state index in [0.717, 1.165) is 10.9 Å². The summed E-state index contributed by atoms with van der Waals surface area (Å²) in [4.78, 5) is 8.90. The van der Waals surface area contributed by atoms with Gasteiger partial charge in [0.1, 0.15) is 11.6 Å². The molecule has 0 bridgehead atoms. The smallest absolute Gasteiger partial charge is 0.229 e. The summed E-state index contributed by atoms with van der Waals surface area (Å²) in [6, 6.07) is 14.4. The van der Waals surface area contributed by atoms with E-state index >= 15 is 0 Å². The molecule has 0 spiro atoms. The molecule has 0 unspecified atom stereocenters. The molecule has 2 aromatic carbocycles. The number of anilines is 3. The highest BCUT2D eigenvalue weighted by molar-refractivity contribution is 5.90. The van der Waals surface area contributed by atoms with Crippen molar-refractivity contribution >= 4 is 28.4 Å². The van der Waals surface area contributed by atoms with E-state index in [0.29, 0.717) is 24.0 Å². The average Bonchev–Trinajstić information content (AvgIpc) is 2.52. The Morgan fingerprint density at radius 1 is 1.00 bits per heavy atom. The molecule has 23 heavy (non-hydrogen) atoms. The molecular formula is C16H16ClN4O2-. The molecule has 6 nitrogen and oxygen atoms in total. The minimum atomic E-state index is 0. The quantitative estimate of drug-likeness (QED) is 0.503. The van der Waals surface area contributed by atoms with Crippen LogP contribution in [0.1, 0.15) is 0 Å². The van der Waals surface area contributed by atoms with E-state index in [1.54, 1.807) is 18.2 Å². The molecular weight excluding hydrogens is 316 g/mol. The molecule has 0 amide bonds. The van der Waals surface area contributed by atoms with Crippen LogP contribution in [0.2, 0.25) is 0 Å². The number of rotatable bonds is 5. The largest absolute Gasteiger partial charge is 1.00 e. The lowest BCUT2D eigenvalue weighted by molar-refractivity contribution is -0.00000664. The fourth-order valence-electron chi connectivity index (χ4n) is 2.15. The lowest BCUT2D eigenvalue weighted by Gasteiger charge is -2.11. The summed E-state index contributed by atoms with van der Waals surface area (Å²) in [6.45, 7) is 0.431. The number of benzene rings is 2. The van der Waals surface area contributed by atoms with Crippen LogP contribution in [0.25, 0.3) is 10.9 Å². The van der Waals surface area contributed by atoms with Gasteiger partial charge in [-0.05, 0) is 24.3 Å². The Kier molecular flexibility index (Phi) is 5.56. The minimum Gasteiger partial charge on any atom is -1.00 e. The van der Waals surface area contributed by atoms with Gasteiger partial charge in [0.25, 0.3) is 0 Å². The van der Waals surface area contributed by atoms with Crippen molar-refractivity contribution in [3.8, 4) is 5.75 Å². The third-order valence-corrected chi connectivity index (χ3v) is 3.11. The molecule has 0 fully saturated rings. The molecule has 0 atom stereocenters. The molecule has 3 rings (SSSR count). The lowest BCUT2D eigenvalue weighted by atomic mass is 10.2. The van der Waals surface area contributed by atoms with Crippen LogP contribution in [-0.4, -0.2) is 33.3 Å². The first-order valence-electron chi connectivity index (χ1n) is 6.94. The zero-order chi connectivity index (χ0) is 15.4. The maximum absolute atomic E-state index is 9.51. The van der Waals surface area contributed by atoms with Crippen LogP contribution in [0.4, 0.5) is 17.5 Å². The number of hydrogen-bond donors (Lipinski definition) is 4. The molecule has 0 aliphatic heterocycles. The average molecular weight is 332 g/mol. The number of halogens is 1. The number of hydrogen-bond acceptors (Lipinski definition) is 6. The van der Waals surface area contributed by atoms with Crippen LogP contribution in [0.3, 0.4) is 0 Å². The van der Waals surface area contributed by atoms with Crippen LogP contribution in [0.15, 0.2) is 48.5 Å². The number of phenols is 1. The fraction of sp³-hybridized carbons (Fsp3) is 0.125. The number of fused-ring (bicyclic) bond motifs is 1. The molecule has 7 heteroatoms. The van der Waals surface area contributed by atoms with Gasteiger partial charge >= 0.3 is 0 Å². The summed E-state index contributed by atoms with van der Waals surface area (Å²) >= 11 is 0. The Balaban J connectivity index is 0.00000192. The Morgan fingerprint density at radius 2 is 1.83 bits per heavy atom. The van der Waals surface area contributed by atoms with Gasteiger partial charge in [0, 0.05) is 23.7 Å². The number of aliphatic hydroxyl groups is 1. The topological polar surface area (TPSA) is 90.3 Å². The fourth-order valence-corrected chi connectivity index (χ4v) is 2.15. The van der Waals surface area contributed by atoms with E-state index in [2.05, 4.69) is 20.6 Å². The minimum absolute atomic E-state index is 0. The molecule has 0 saturated carbocycles. The van der Waals surface area contributed by atoms with Crippen molar-refractivity contribution in [1.82, 2.24) is 9.97 Å². The van der Waals surface area contributed by atoms with E-state index in [4.69, 9.17) is 5.11 Å². The van der Waals surface area contributed by atoms with E-state index in [-0.39, 0.29) is 24.8 Å². The summed E-state index contributed by atoms with van der Waals surface area (Å²) in [5.74, 6) is 1.25. The van der Waals surface area contributed by atoms with Gasteiger partial charge < -0.3 is 33.3 Å². The SMILES string of the molecule is OCCNc1nc(Nc2cccc(O)c2)nc2ccccc12.[Cl-]. The van der Waals surface area contributed by atoms with E-state index < -0.39 is 0 Å². The lowest BCUT2D eigenvalue weighted by Crippen LogP contribution is -3.00. The molecule has 1 aromatic heterocycles. The van der Waals surface area contributed by atoms with Gasteiger partial charge in [-0.1, -0.05) is 18.2 Å². The molecule has 4 N–H and O–H groups in total. The van der Waals surface area contributed by atoms with E-state index in [9.17, 15) is 5.11 Å². The van der Waals surface area contributed by atoms with Crippen LogP contribution in [0.5, 0.6) is 5.75 Å². The van der Waals surface area contributed by atoms with Gasteiger partial charge in [0.2, 0.25) is 5.95 Å². The van der Waals surface area contributed by atoms with E-state index in [1.807, 2.05) is 30.3 Å². The van der Waals surface area contributed by atoms with Gasteiger partial charge in [-0.3, -0.25) is 0 Å². The summed E-state index contributed by atoms with van der Waals surface area (Å²) in [7, 11) is 0. The second-order valence-electron chi connectivity index (χ2n) is 4.74. The molecule has 3 aromatic rings. The van der Waals surface area contributed by atoms with Crippen molar-refractivity contribution in [2.45, 2.75) is 0 Å². The number of phenolic OH excluding ortho intramolecular Hbond substituents is 1. The summed E-state index contributed by atoms with van der Waals surface area (Å²) < 4.78 is 0. The third-order valence-electron chi connectivity index (χ3n) is 3.11. The molecule has 1 heterocycles. The Hall–Kier alpha value is -2.57. The van der Waals surface area contributed by atoms with Crippen molar-refractivity contribution in [3.05, 3.63) is 48.5 Å². The first kappa shape index (κ1) is 16.8. The third kappa shape index (κ3) is 4.00. The number of aromatic nitrogens is 2. The van der Waals surface area contributed by atoms with Crippen LogP contribution < -0.4 is 23.0 Å². The molecule has 0 radical (unpaired) electrons. The van der Waals surface area contributed by atoms with Crippen LogP contribution in [0, 0.1) is 0 Å². The van der Waals surface area contributed by atoms with Crippen LogP contribution in [-0.2, 0) is 0 Å². The first-order valence-corrected chi connectivity index (χ1v) is 6.94. The Bertz CT molecular complexity index is 798. The number of nitrogens with one attached hydrogen (secondary N) is 2. The number of aliphatic hydroxyl groups excluding tert-OH is 1. The number of para-hydroxylation sites is 1. The summed E-state index contributed by atoms with van der Waals surface area (Å²) in [5.41, 5.74) is 1.49. The molecule has 0 saturated heterocycles. The summed E-state index contributed by atoms with van der Waals surface area (Å²) in [5, 5.41) is 25.5. The zero-order valence-corrected chi connectivity index (χ0v) is 13.0. The van der Waals surface area contributed by atoms with Crippen LogP contribution >= 0.6 is 0 Å². The number of aromatic hydroxyl groups is 1. The van der Waals surface area contributed by atoms with Gasteiger partial charge in [-0.15, -0.1) is 0 Å².